The van der Waals surface area contributed by atoms with E-state index in [1.54, 1.807) is 12.0 Å². The molecule has 0 fully saturated rings. The third kappa shape index (κ3) is 4.70. The fraction of sp³-hybridized carbons (Fsp3) is 0.812. The van der Waals surface area contributed by atoms with E-state index in [4.69, 9.17) is 16.3 Å². The van der Waals surface area contributed by atoms with Gasteiger partial charge in [0.15, 0.2) is 0 Å². The Balaban J connectivity index is 3.14. The summed E-state index contributed by atoms with van der Waals surface area (Å²) < 4.78 is 5.13. The van der Waals surface area contributed by atoms with Gasteiger partial charge in [-0.05, 0) is 45.4 Å². The van der Waals surface area contributed by atoms with Gasteiger partial charge in [-0.15, -0.1) is 11.6 Å². The van der Waals surface area contributed by atoms with E-state index >= 15 is 0 Å². The molecule has 0 aliphatic heterocycles. The summed E-state index contributed by atoms with van der Waals surface area (Å²) in [5, 5.41) is 0. The maximum Gasteiger partial charge on any atom is 0.241 e. The minimum Gasteiger partial charge on any atom is -0.383 e. The van der Waals surface area contributed by atoms with Crippen molar-refractivity contribution in [2.24, 2.45) is 5.41 Å². The highest BCUT2D eigenvalue weighted by molar-refractivity contribution is 6.27. The van der Waals surface area contributed by atoms with Crippen LogP contribution in [0.15, 0.2) is 11.8 Å². The molecule has 0 bridgehead atoms. The molecule has 0 radical (unpaired) electrons. The number of carbonyl (C=O) groups is 1. The second-order valence-electron chi connectivity index (χ2n) is 7.08. The maximum absolute atomic E-state index is 12.2. The molecule has 122 valence electrons. The Hall–Kier alpha value is -0.580. The van der Waals surface area contributed by atoms with Gasteiger partial charge in [0.05, 0.1) is 6.61 Å². The second-order valence-corrected chi connectivity index (χ2v) is 7.34. The number of alkyl halides is 1. The van der Waals surface area contributed by atoms with Crippen LogP contribution in [-0.2, 0) is 9.53 Å². The lowest BCUT2D eigenvalue weighted by molar-refractivity contribution is -0.127. The smallest absolute Gasteiger partial charge is 0.241 e. The van der Waals surface area contributed by atoms with E-state index < -0.39 is 0 Å². The quantitative estimate of drug-likeness (QED) is 0.706. The van der Waals surface area contributed by atoms with Crippen LogP contribution in [0.1, 0.15) is 33.6 Å². The number of amides is 1. The Morgan fingerprint density at radius 1 is 1.38 bits per heavy atom. The van der Waals surface area contributed by atoms with Gasteiger partial charge < -0.3 is 14.5 Å². The van der Waals surface area contributed by atoms with Gasteiger partial charge in [0, 0.05) is 24.9 Å². The number of rotatable bonds is 6. The first-order chi connectivity index (χ1) is 9.65. The molecule has 4 nitrogen and oxygen atoms in total. The molecule has 0 heterocycles. The van der Waals surface area contributed by atoms with Gasteiger partial charge in [-0.2, -0.15) is 0 Å². The van der Waals surface area contributed by atoms with E-state index in [1.807, 2.05) is 0 Å². The minimum absolute atomic E-state index is 0.000160. The Bertz CT molecular complexity index is 407. The summed E-state index contributed by atoms with van der Waals surface area (Å²) in [4.78, 5) is 16.2. The molecule has 5 heteroatoms. The first-order valence-electron chi connectivity index (χ1n) is 7.39. The van der Waals surface area contributed by atoms with Crippen molar-refractivity contribution in [1.82, 2.24) is 9.80 Å². The zero-order valence-corrected chi connectivity index (χ0v) is 15.0. The summed E-state index contributed by atoms with van der Waals surface area (Å²) in [6, 6.07) is 0. The number of ether oxygens (including phenoxy) is 1. The Labute approximate surface area is 134 Å². The van der Waals surface area contributed by atoms with Crippen LogP contribution in [0.5, 0.6) is 0 Å². The van der Waals surface area contributed by atoms with E-state index in [9.17, 15) is 4.79 Å². The third-order valence-electron chi connectivity index (χ3n) is 4.28. The summed E-state index contributed by atoms with van der Waals surface area (Å²) in [6.07, 6.45) is 4.16. The average molecular weight is 317 g/mol. The number of methoxy groups -OCH3 is 1. The molecule has 1 rings (SSSR count). The lowest BCUT2D eigenvalue weighted by Crippen LogP contribution is -2.48. The Morgan fingerprint density at radius 2 is 2.00 bits per heavy atom. The van der Waals surface area contributed by atoms with Crippen molar-refractivity contribution in [2.45, 2.75) is 39.2 Å². The van der Waals surface area contributed by atoms with Crippen molar-refractivity contribution in [3.8, 4) is 0 Å². The van der Waals surface area contributed by atoms with E-state index in [0.717, 1.165) is 18.5 Å². The van der Waals surface area contributed by atoms with Crippen LogP contribution in [0, 0.1) is 5.41 Å². The number of likely N-dealkylation sites (N-methyl/N-ethyl adjacent to an activating group) is 1. The molecule has 0 saturated heterocycles. The fourth-order valence-corrected chi connectivity index (χ4v) is 3.27. The SMILES string of the molecule is COCCN(C(=O)CCl)C1=CC(C)(N(C)C)CC(C)(C)C1. The highest BCUT2D eigenvalue weighted by Crippen LogP contribution is 2.43. The molecule has 1 unspecified atom stereocenters. The Kier molecular flexibility index (Phi) is 6.26. The van der Waals surface area contributed by atoms with Crippen molar-refractivity contribution in [1.29, 1.82) is 0 Å². The summed E-state index contributed by atoms with van der Waals surface area (Å²) in [5.74, 6) is -0.0565. The molecule has 1 aliphatic rings. The largest absolute Gasteiger partial charge is 0.383 e. The highest BCUT2D eigenvalue weighted by Gasteiger charge is 2.39. The fourth-order valence-electron chi connectivity index (χ4n) is 3.13. The molecule has 1 atom stereocenters. The minimum atomic E-state index is -0.0605. The summed E-state index contributed by atoms with van der Waals surface area (Å²) >= 11 is 5.78. The zero-order chi connectivity index (χ0) is 16.3. The van der Waals surface area contributed by atoms with Crippen molar-refractivity contribution >= 4 is 17.5 Å². The molecule has 0 saturated carbocycles. The van der Waals surface area contributed by atoms with Gasteiger partial charge in [0.1, 0.15) is 5.88 Å². The number of carbonyl (C=O) groups excluding carboxylic acids is 1. The van der Waals surface area contributed by atoms with E-state index in [0.29, 0.717) is 13.2 Å². The number of hydrogen-bond donors (Lipinski definition) is 0. The number of hydrogen-bond acceptors (Lipinski definition) is 3. The predicted octanol–water partition coefficient (Wildman–Crippen LogP) is 2.72. The molecular formula is C16H29ClN2O2. The van der Waals surface area contributed by atoms with Gasteiger partial charge >= 0.3 is 0 Å². The van der Waals surface area contributed by atoms with Crippen LogP contribution in [0.2, 0.25) is 0 Å². The van der Waals surface area contributed by atoms with Crippen molar-refractivity contribution < 1.29 is 9.53 Å². The molecule has 1 aliphatic carbocycles. The molecule has 0 aromatic carbocycles. The van der Waals surface area contributed by atoms with E-state index in [1.165, 1.54) is 0 Å². The number of allylic oxidation sites excluding steroid dienone is 1. The molecule has 1 amide bonds. The van der Waals surface area contributed by atoms with Gasteiger partial charge in [0.2, 0.25) is 5.91 Å². The molecule has 0 spiro atoms. The summed E-state index contributed by atoms with van der Waals surface area (Å²) in [5.41, 5.74) is 1.14. The average Bonchev–Trinajstić information content (AvgIpc) is 2.36. The van der Waals surface area contributed by atoms with Crippen LogP contribution in [0.25, 0.3) is 0 Å². The monoisotopic (exact) mass is 316 g/mol. The number of halogens is 1. The first kappa shape index (κ1) is 18.5. The van der Waals surface area contributed by atoms with E-state index in [-0.39, 0.29) is 22.7 Å². The molecular weight excluding hydrogens is 288 g/mol. The molecule has 0 aromatic rings. The van der Waals surface area contributed by atoms with E-state index in [2.05, 4.69) is 45.8 Å². The van der Waals surface area contributed by atoms with Crippen LogP contribution < -0.4 is 0 Å². The van der Waals surface area contributed by atoms with Gasteiger partial charge in [-0.1, -0.05) is 13.8 Å². The lowest BCUT2D eigenvalue weighted by atomic mass is 9.70. The van der Waals surface area contributed by atoms with Crippen molar-refractivity contribution in [3.05, 3.63) is 11.8 Å². The predicted molar refractivity (Wildman–Crippen MR) is 87.5 cm³/mol. The lowest BCUT2D eigenvalue weighted by Gasteiger charge is -2.46. The molecule has 0 N–H and O–H groups in total. The third-order valence-corrected chi connectivity index (χ3v) is 4.51. The van der Waals surface area contributed by atoms with Crippen molar-refractivity contribution in [3.63, 3.8) is 0 Å². The van der Waals surface area contributed by atoms with Crippen LogP contribution >= 0.6 is 11.6 Å². The summed E-state index contributed by atoms with van der Waals surface area (Å²) in [6.45, 7) is 7.78. The first-order valence-corrected chi connectivity index (χ1v) is 7.93. The summed E-state index contributed by atoms with van der Waals surface area (Å²) in [7, 11) is 5.81. The van der Waals surface area contributed by atoms with Gasteiger partial charge in [-0.25, -0.2) is 0 Å². The van der Waals surface area contributed by atoms with Crippen molar-refractivity contribution in [2.75, 3.05) is 40.2 Å². The van der Waals surface area contributed by atoms with Gasteiger partial charge in [-0.3, -0.25) is 4.79 Å². The zero-order valence-electron chi connectivity index (χ0n) is 14.2. The highest BCUT2D eigenvalue weighted by atomic mass is 35.5. The van der Waals surface area contributed by atoms with Crippen LogP contribution in [0.3, 0.4) is 0 Å². The number of nitrogens with zero attached hydrogens (tertiary/aromatic N) is 2. The second kappa shape index (κ2) is 7.12. The molecule has 0 aromatic heterocycles. The van der Waals surface area contributed by atoms with Crippen LogP contribution in [0.4, 0.5) is 0 Å². The molecule has 21 heavy (non-hydrogen) atoms. The van der Waals surface area contributed by atoms with Gasteiger partial charge in [0.25, 0.3) is 0 Å². The van der Waals surface area contributed by atoms with Crippen LogP contribution in [-0.4, -0.2) is 61.5 Å². The standard InChI is InChI=1S/C16H29ClN2O2/c1-15(2)9-13(10-16(3,12-15)18(4)5)19(7-8-21-6)14(20)11-17/h10H,7-9,11-12H2,1-6H3. The maximum atomic E-state index is 12.2. The normalized spacial score (nSPS) is 24.9. The Morgan fingerprint density at radius 3 is 2.48 bits per heavy atom. The topological polar surface area (TPSA) is 32.8 Å².